The van der Waals surface area contributed by atoms with Gasteiger partial charge in [0.2, 0.25) is 5.69 Å². The van der Waals surface area contributed by atoms with Gasteiger partial charge in [-0.1, -0.05) is 53.7 Å². The van der Waals surface area contributed by atoms with Crippen molar-refractivity contribution >= 4 is 0 Å². The van der Waals surface area contributed by atoms with E-state index in [1.165, 1.54) is 22.4 Å². The van der Waals surface area contributed by atoms with Gasteiger partial charge >= 0.3 is 0 Å². The second kappa shape index (κ2) is 5.05. The van der Waals surface area contributed by atoms with Gasteiger partial charge in [0, 0.05) is 17.2 Å². The summed E-state index contributed by atoms with van der Waals surface area (Å²) in [7, 11) is 0. The molecule has 20 heavy (non-hydrogen) atoms. The molecule has 2 aromatic rings. The summed E-state index contributed by atoms with van der Waals surface area (Å²) in [5.74, 6) is 0. The van der Waals surface area contributed by atoms with Crippen LogP contribution in [0, 0.1) is 0 Å². The molecule has 1 nitrogen and oxygen atoms in total. The highest BCUT2D eigenvalue weighted by Crippen LogP contribution is 2.26. The Hall–Kier alpha value is -1.63. The third-order valence-corrected chi connectivity index (χ3v) is 3.74. The maximum Gasteiger partial charge on any atom is 0.210 e. The molecule has 1 aromatic carbocycles. The molecule has 0 saturated heterocycles. The van der Waals surface area contributed by atoms with Crippen LogP contribution in [0.25, 0.3) is 11.3 Å². The highest BCUT2D eigenvalue weighted by molar-refractivity contribution is 5.56. The second-order valence-corrected chi connectivity index (χ2v) is 7.57. The lowest BCUT2D eigenvalue weighted by Crippen LogP contribution is -2.17. The third-order valence-electron chi connectivity index (χ3n) is 3.74. The molecule has 0 aliphatic heterocycles. The van der Waals surface area contributed by atoms with Crippen LogP contribution in [0.4, 0.5) is 0 Å². The standard InChI is InChI=1S/C19H25N/c1-18(2,3)15-9-7-14(8-10-15)17-12-11-16(13-20-17)19(4,5)6/h7-13H,1-6H3/p+1. The topological polar surface area (TPSA) is 14.1 Å². The first-order valence-corrected chi connectivity index (χ1v) is 7.31. The van der Waals surface area contributed by atoms with Crippen LogP contribution in [0.5, 0.6) is 0 Å². The van der Waals surface area contributed by atoms with Crippen molar-refractivity contribution in [1.82, 2.24) is 0 Å². The molecule has 0 saturated carbocycles. The van der Waals surface area contributed by atoms with Crippen LogP contribution < -0.4 is 4.98 Å². The average molecular weight is 268 g/mol. The molecule has 0 radical (unpaired) electrons. The first kappa shape index (κ1) is 14.8. The van der Waals surface area contributed by atoms with Gasteiger partial charge in [-0.3, -0.25) is 0 Å². The quantitative estimate of drug-likeness (QED) is 0.708. The summed E-state index contributed by atoms with van der Waals surface area (Å²) in [6.45, 7) is 13.4. The fourth-order valence-electron chi connectivity index (χ4n) is 2.22. The molecule has 106 valence electrons. The number of rotatable bonds is 1. The van der Waals surface area contributed by atoms with E-state index in [1.807, 2.05) is 0 Å². The highest BCUT2D eigenvalue weighted by Gasteiger charge is 2.17. The molecule has 1 aromatic heterocycles. The van der Waals surface area contributed by atoms with Crippen LogP contribution in [0.1, 0.15) is 52.7 Å². The fourth-order valence-corrected chi connectivity index (χ4v) is 2.22. The minimum absolute atomic E-state index is 0.186. The van der Waals surface area contributed by atoms with E-state index >= 15 is 0 Å². The highest BCUT2D eigenvalue weighted by atomic mass is 14.7. The van der Waals surface area contributed by atoms with Crippen LogP contribution in [0.15, 0.2) is 42.6 Å². The van der Waals surface area contributed by atoms with Crippen molar-refractivity contribution in [2.75, 3.05) is 0 Å². The molecule has 0 unspecified atom stereocenters. The molecule has 0 fully saturated rings. The summed E-state index contributed by atoms with van der Waals surface area (Å²) in [5.41, 5.74) is 5.49. The van der Waals surface area contributed by atoms with E-state index in [4.69, 9.17) is 0 Å². The zero-order valence-corrected chi connectivity index (χ0v) is 13.5. The lowest BCUT2D eigenvalue weighted by molar-refractivity contribution is -0.365. The first-order chi connectivity index (χ1) is 9.18. The molecule has 0 amide bonds. The second-order valence-electron chi connectivity index (χ2n) is 7.57. The Labute approximate surface area is 123 Å². The summed E-state index contributed by atoms with van der Waals surface area (Å²) < 4.78 is 0. The normalized spacial score (nSPS) is 12.5. The molecule has 0 atom stereocenters. The van der Waals surface area contributed by atoms with Crippen molar-refractivity contribution in [3.63, 3.8) is 0 Å². The number of hydrogen-bond acceptors (Lipinski definition) is 0. The smallest absolute Gasteiger partial charge is 0.210 e. The number of benzene rings is 1. The average Bonchev–Trinajstić information content (AvgIpc) is 2.37. The number of aromatic amines is 1. The molecule has 1 N–H and O–H groups in total. The van der Waals surface area contributed by atoms with Gasteiger partial charge in [0.05, 0.1) is 0 Å². The van der Waals surface area contributed by atoms with E-state index in [2.05, 4.69) is 89.1 Å². The van der Waals surface area contributed by atoms with Crippen molar-refractivity contribution in [1.29, 1.82) is 0 Å². The lowest BCUT2D eigenvalue weighted by atomic mass is 9.86. The van der Waals surface area contributed by atoms with Gasteiger partial charge in [-0.15, -0.1) is 0 Å². The minimum Gasteiger partial charge on any atom is -0.211 e. The minimum atomic E-state index is 0.186. The Balaban J connectivity index is 2.29. The molecule has 0 spiro atoms. The van der Waals surface area contributed by atoms with Crippen molar-refractivity contribution < 1.29 is 4.98 Å². The number of nitrogens with one attached hydrogen (secondary N) is 1. The lowest BCUT2D eigenvalue weighted by Gasteiger charge is -2.19. The maximum atomic E-state index is 3.42. The maximum absolute atomic E-state index is 3.42. The van der Waals surface area contributed by atoms with E-state index < -0.39 is 0 Å². The van der Waals surface area contributed by atoms with Gasteiger partial charge in [0.1, 0.15) is 0 Å². The van der Waals surface area contributed by atoms with Crippen LogP contribution in [0.2, 0.25) is 0 Å². The predicted molar refractivity (Wildman–Crippen MR) is 85.8 cm³/mol. The monoisotopic (exact) mass is 268 g/mol. The molecular weight excluding hydrogens is 242 g/mol. The van der Waals surface area contributed by atoms with Crippen LogP contribution >= 0.6 is 0 Å². The van der Waals surface area contributed by atoms with Crippen molar-refractivity contribution in [2.45, 2.75) is 52.4 Å². The predicted octanol–water partition coefficient (Wildman–Crippen LogP) is 4.76. The van der Waals surface area contributed by atoms with Crippen LogP contribution in [0.3, 0.4) is 0 Å². The Morgan fingerprint density at radius 3 is 1.55 bits per heavy atom. The Morgan fingerprint density at radius 2 is 1.15 bits per heavy atom. The van der Waals surface area contributed by atoms with Crippen LogP contribution in [-0.4, -0.2) is 0 Å². The van der Waals surface area contributed by atoms with E-state index in [1.54, 1.807) is 0 Å². The Morgan fingerprint density at radius 1 is 0.650 bits per heavy atom. The summed E-state index contributed by atoms with van der Waals surface area (Å²) in [6, 6.07) is 13.2. The molecule has 0 bridgehead atoms. The molecule has 0 aliphatic carbocycles. The SMILES string of the molecule is CC(C)(C)c1ccc(-c2ccc(C(C)(C)C)c[nH+]2)cc1. The van der Waals surface area contributed by atoms with Gasteiger partial charge in [-0.2, -0.15) is 0 Å². The Bertz CT molecular complexity index is 508. The number of aromatic nitrogens is 1. The summed E-state index contributed by atoms with van der Waals surface area (Å²) in [6.07, 6.45) is 2.12. The first-order valence-electron chi connectivity index (χ1n) is 7.31. The molecule has 1 heteroatoms. The summed E-state index contributed by atoms with van der Waals surface area (Å²) >= 11 is 0. The van der Waals surface area contributed by atoms with Crippen molar-refractivity contribution in [3.05, 3.63) is 53.7 Å². The molecular formula is C19H26N+. The number of hydrogen-bond donors (Lipinski definition) is 0. The van der Waals surface area contributed by atoms with Crippen LogP contribution in [-0.2, 0) is 10.8 Å². The van der Waals surface area contributed by atoms with E-state index in [0.29, 0.717) is 0 Å². The van der Waals surface area contributed by atoms with Gasteiger partial charge in [-0.05, 0) is 34.6 Å². The third kappa shape index (κ3) is 3.27. The zero-order valence-electron chi connectivity index (χ0n) is 13.5. The number of pyridine rings is 1. The largest absolute Gasteiger partial charge is 0.211 e. The van der Waals surface area contributed by atoms with Gasteiger partial charge in [0.15, 0.2) is 6.20 Å². The Kier molecular flexibility index (Phi) is 3.73. The van der Waals surface area contributed by atoms with Crippen molar-refractivity contribution in [2.24, 2.45) is 0 Å². The van der Waals surface area contributed by atoms with E-state index in [-0.39, 0.29) is 10.8 Å². The fraction of sp³-hybridized carbons (Fsp3) is 0.421. The molecule has 0 aliphatic rings. The summed E-state index contributed by atoms with van der Waals surface area (Å²) in [5, 5.41) is 0. The molecule has 2 rings (SSSR count). The van der Waals surface area contributed by atoms with Crippen molar-refractivity contribution in [3.8, 4) is 11.3 Å². The summed E-state index contributed by atoms with van der Waals surface area (Å²) in [4.78, 5) is 3.42. The van der Waals surface area contributed by atoms with Gasteiger partial charge < -0.3 is 0 Å². The molecule has 1 heterocycles. The zero-order chi connectivity index (χ0) is 15.0. The van der Waals surface area contributed by atoms with Gasteiger partial charge in [0.25, 0.3) is 0 Å². The van der Waals surface area contributed by atoms with E-state index in [9.17, 15) is 0 Å². The van der Waals surface area contributed by atoms with Gasteiger partial charge in [-0.25, -0.2) is 4.98 Å². The van der Waals surface area contributed by atoms with E-state index in [0.717, 1.165) is 0 Å². The number of H-pyrrole nitrogens is 1.